The van der Waals surface area contributed by atoms with Crippen LogP contribution in [0.4, 0.5) is 0 Å². The SMILES string of the molecule is C.CC(=O)Cc1cccc(-c2ccnc3[nH]cc(C(=O)c4cc(C(C)(C)C)nn4C)c23)c1. The molecule has 1 N–H and O–H groups in total. The number of aromatic amines is 1. The van der Waals surface area contributed by atoms with E-state index in [-0.39, 0.29) is 24.4 Å². The quantitative estimate of drug-likeness (QED) is 0.438. The molecule has 3 heterocycles. The van der Waals surface area contributed by atoms with Gasteiger partial charge in [-0.1, -0.05) is 52.5 Å². The van der Waals surface area contributed by atoms with Gasteiger partial charge in [0, 0.05) is 36.7 Å². The third-order valence-electron chi connectivity index (χ3n) is 5.39. The number of Topliss-reactive ketones (excluding diaryl/α,β-unsaturated/α-hetero) is 1. The second kappa shape index (κ2) is 8.54. The topological polar surface area (TPSA) is 80.6 Å². The van der Waals surface area contributed by atoms with Crippen LogP contribution in [-0.2, 0) is 23.7 Å². The first-order chi connectivity index (χ1) is 14.6. The minimum Gasteiger partial charge on any atom is -0.345 e. The molecular formula is C26H30N4O2. The van der Waals surface area contributed by atoms with Gasteiger partial charge in [0.25, 0.3) is 0 Å². The number of ketones is 2. The number of hydrogen-bond donors (Lipinski definition) is 1. The Labute approximate surface area is 188 Å². The number of carbonyl (C=O) groups excluding carboxylic acids is 2. The molecule has 166 valence electrons. The lowest BCUT2D eigenvalue weighted by Crippen LogP contribution is -2.12. The summed E-state index contributed by atoms with van der Waals surface area (Å²) in [5, 5.41) is 5.32. The third kappa shape index (κ3) is 4.26. The zero-order chi connectivity index (χ0) is 22.3. The molecule has 6 nitrogen and oxygen atoms in total. The Balaban J connectivity index is 0.00000289. The van der Waals surface area contributed by atoms with Crippen LogP contribution in [0.2, 0.25) is 0 Å². The van der Waals surface area contributed by atoms with E-state index in [9.17, 15) is 9.59 Å². The number of nitrogens with zero attached hydrogens (tertiary/aromatic N) is 3. The number of rotatable bonds is 5. The maximum Gasteiger partial charge on any atom is 0.213 e. The Morgan fingerprint density at radius 2 is 1.88 bits per heavy atom. The van der Waals surface area contributed by atoms with Crippen LogP contribution in [0, 0.1) is 0 Å². The fourth-order valence-corrected chi connectivity index (χ4v) is 3.80. The van der Waals surface area contributed by atoms with E-state index in [4.69, 9.17) is 0 Å². The van der Waals surface area contributed by atoms with E-state index >= 15 is 0 Å². The predicted octanol–water partition coefficient (Wildman–Crippen LogP) is 5.26. The molecule has 0 amide bonds. The highest BCUT2D eigenvalue weighted by atomic mass is 16.1. The number of nitrogens with one attached hydrogen (secondary N) is 1. The van der Waals surface area contributed by atoms with Crippen molar-refractivity contribution in [3.05, 3.63) is 71.3 Å². The summed E-state index contributed by atoms with van der Waals surface area (Å²) in [6, 6.07) is 11.6. The summed E-state index contributed by atoms with van der Waals surface area (Å²) in [4.78, 5) is 32.6. The highest BCUT2D eigenvalue weighted by Crippen LogP contribution is 2.32. The van der Waals surface area contributed by atoms with Gasteiger partial charge >= 0.3 is 0 Å². The van der Waals surface area contributed by atoms with Crippen LogP contribution in [0.5, 0.6) is 0 Å². The van der Waals surface area contributed by atoms with Crippen molar-refractivity contribution in [1.82, 2.24) is 19.7 Å². The molecule has 0 saturated heterocycles. The van der Waals surface area contributed by atoms with Crippen LogP contribution in [0.1, 0.15) is 62.4 Å². The molecule has 3 aromatic heterocycles. The number of pyridine rings is 1. The average molecular weight is 431 g/mol. The molecule has 4 rings (SSSR count). The second-order valence-corrected chi connectivity index (χ2v) is 8.98. The zero-order valence-corrected chi connectivity index (χ0v) is 18.5. The van der Waals surface area contributed by atoms with E-state index in [1.807, 2.05) is 36.4 Å². The molecule has 0 saturated carbocycles. The van der Waals surface area contributed by atoms with Crippen molar-refractivity contribution in [2.24, 2.45) is 7.05 Å². The van der Waals surface area contributed by atoms with Gasteiger partial charge in [-0.3, -0.25) is 14.3 Å². The van der Waals surface area contributed by atoms with E-state index < -0.39 is 0 Å². The summed E-state index contributed by atoms with van der Waals surface area (Å²) in [6.45, 7) is 7.81. The fourth-order valence-electron chi connectivity index (χ4n) is 3.80. The first-order valence-electron chi connectivity index (χ1n) is 10.3. The average Bonchev–Trinajstić information content (AvgIpc) is 3.30. The van der Waals surface area contributed by atoms with E-state index in [1.54, 1.807) is 31.0 Å². The number of H-pyrrole nitrogens is 1. The molecule has 0 bridgehead atoms. The summed E-state index contributed by atoms with van der Waals surface area (Å²) >= 11 is 0. The van der Waals surface area contributed by atoms with Crippen molar-refractivity contribution < 1.29 is 9.59 Å². The molecule has 1 aromatic carbocycles. The van der Waals surface area contributed by atoms with Crippen LogP contribution in [-0.4, -0.2) is 31.3 Å². The normalized spacial score (nSPS) is 11.4. The first kappa shape index (κ1) is 23.1. The highest BCUT2D eigenvalue weighted by molar-refractivity contribution is 6.18. The molecule has 0 unspecified atom stereocenters. The smallest absolute Gasteiger partial charge is 0.213 e. The van der Waals surface area contributed by atoms with Crippen molar-refractivity contribution >= 4 is 22.6 Å². The maximum absolute atomic E-state index is 13.5. The Hall–Kier alpha value is -3.54. The van der Waals surface area contributed by atoms with Crippen molar-refractivity contribution in [2.45, 2.75) is 47.0 Å². The highest BCUT2D eigenvalue weighted by Gasteiger charge is 2.25. The van der Waals surface area contributed by atoms with Crippen molar-refractivity contribution in [3.63, 3.8) is 0 Å². The molecule has 0 radical (unpaired) electrons. The maximum atomic E-state index is 13.5. The Bertz CT molecular complexity index is 1310. The third-order valence-corrected chi connectivity index (χ3v) is 5.39. The summed E-state index contributed by atoms with van der Waals surface area (Å²) in [5.41, 5.74) is 5.24. The lowest BCUT2D eigenvalue weighted by molar-refractivity contribution is -0.116. The van der Waals surface area contributed by atoms with E-state index in [0.29, 0.717) is 23.3 Å². The fraction of sp³-hybridized carbons (Fsp3) is 0.308. The van der Waals surface area contributed by atoms with Gasteiger partial charge in [-0.2, -0.15) is 5.10 Å². The first-order valence-corrected chi connectivity index (χ1v) is 10.3. The molecule has 0 atom stereocenters. The van der Waals surface area contributed by atoms with Gasteiger partial charge in [0.05, 0.1) is 11.3 Å². The number of hydrogen-bond acceptors (Lipinski definition) is 4. The Morgan fingerprint density at radius 3 is 2.53 bits per heavy atom. The molecule has 32 heavy (non-hydrogen) atoms. The van der Waals surface area contributed by atoms with Gasteiger partial charge in [0.15, 0.2) is 0 Å². The number of fused-ring (bicyclic) bond motifs is 1. The Morgan fingerprint density at radius 1 is 1.12 bits per heavy atom. The van der Waals surface area contributed by atoms with E-state index in [0.717, 1.165) is 27.8 Å². The van der Waals surface area contributed by atoms with Crippen molar-refractivity contribution in [2.75, 3.05) is 0 Å². The molecule has 0 aliphatic rings. The molecule has 0 spiro atoms. The van der Waals surface area contributed by atoms with Gasteiger partial charge < -0.3 is 4.98 Å². The number of benzene rings is 1. The van der Waals surface area contributed by atoms with Gasteiger partial charge in [-0.15, -0.1) is 0 Å². The standard InChI is InChI=1S/C25H26N4O2.CH4/c1-15(30)11-16-7-6-8-17(12-16)18-9-10-26-24-22(18)19(14-27-24)23(31)20-13-21(25(2,3)4)28-29(20)5;/h6-10,12-14H,11H2,1-5H3,(H,26,27);1H4. The molecular weight excluding hydrogens is 400 g/mol. The van der Waals surface area contributed by atoms with Gasteiger partial charge in [0.2, 0.25) is 5.78 Å². The molecule has 0 aliphatic carbocycles. The molecule has 6 heteroatoms. The Kier molecular flexibility index (Phi) is 6.17. The van der Waals surface area contributed by atoms with E-state index in [2.05, 4.69) is 35.8 Å². The van der Waals surface area contributed by atoms with Gasteiger partial charge in [-0.05, 0) is 35.7 Å². The van der Waals surface area contributed by atoms with Crippen LogP contribution in [0.25, 0.3) is 22.2 Å². The summed E-state index contributed by atoms with van der Waals surface area (Å²) in [5.74, 6) is 0.00582. The summed E-state index contributed by atoms with van der Waals surface area (Å²) in [7, 11) is 1.79. The van der Waals surface area contributed by atoms with Crippen LogP contribution < -0.4 is 0 Å². The van der Waals surface area contributed by atoms with E-state index in [1.165, 1.54) is 0 Å². The summed E-state index contributed by atoms with van der Waals surface area (Å²) < 4.78 is 1.64. The van der Waals surface area contributed by atoms with Crippen LogP contribution in [0.3, 0.4) is 0 Å². The molecule has 4 aromatic rings. The zero-order valence-electron chi connectivity index (χ0n) is 18.5. The lowest BCUT2D eigenvalue weighted by Gasteiger charge is -2.13. The minimum atomic E-state index is -0.152. The van der Waals surface area contributed by atoms with Crippen LogP contribution in [0.15, 0.2) is 48.8 Å². The van der Waals surface area contributed by atoms with Crippen molar-refractivity contribution in [1.29, 1.82) is 0 Å². The van der Waals surface area contributed by atoms with Gasteiger partial charge in [0.1, 0.15) is 17.1 Å². The predicted molar refractivity (Wildman–Crippen MR) is 128 cm³/mol. The lowest BCUT2D eigenvalue weighted by atomic mass is 9.91. The van der Waals surface area contributed by atoms with Crippen LogP contribution >= 0.6 is 0 Å². The molecule has 0 aliphatic heterocycles. The number of carbonyl (C=O) groups is 2. The number of aryl methyl sites for hydroxylation is 1. The minimum absolute atomic E-state index is 0. The number of aromatic nitrogens is 4. The monoisotopic (exact) mass is 430 g/mol. The molecule has 0 fully saturated rings. The second-order valence-electron chi connectivity index (χ2n) is 8.98. The van der Waals surface area contributed by atoms with Crippen molar-refractivity contribution in [3.8, 4) is 11.1 Å². The van der Waals surface area contributed by atoms with Gasteiger partial charge in [-0.25, -0.2) is 4.98 Å². The largest absolute Gasteiger partial charge is 0.345 e. The summed E-state index contributed by atoms with van der Waals surface area (Å²) in [6.07, 6.45) is 3.82.